The maximum atomic E-state index is 14.5. The number of hydrogen-bond acceptors (Lipinski definition) is 6. The molecule has 0 aliphatic rings. The van der Waals surface area contributed by atoms with Crippen LogP contribution in [0.15, 0.2) is 48.5 Å². The molecule has 0 unspecified atom stereocenters. The number of carboxylic acid groups (broad SMARTS) is 1. The monoisotopic (exact) mass is 521 g/mol. The van der Waals surface area contributed by atoms with Crippen LogP contribution in [0.1, 0.15) is 24.5 Å². The molecule has 0 radical (unpaired) electrons. The fourth-order valence-corrected chi connectivity index (χ4v) is 3.28. The van der Waals surface area contributed by atoms with Crippen molar-refractivity contribution in [3.8, 4) is 28.6 Å². The molecule has 0 saturated heterocycles. The molecule has 3 aromatic rings. The van der Waals surface area contributed by atoms with Gasteiger partial charge in [0.25, 0.3) is 11.8 Å². The Morgan fingerprint density at radius 1 is 1.06 bits per heavy atom. The molecule has 0 spiro atoms. The van der Waals surface area contributed by atoms with Crippen LogP contribution in [-0.4, -0.2) is 35.1 Å². The molecule has 192 valence electrons. The van der Waals surface area contributed by atoms with E-state index in [0.717, 1.165) is 11.1 Å². The summed E-state index contributed by atoms with van der Waals surface area (Å²) in [5, 5.41) is 11.7. The zero-order chi connectivity index (χ0) is 25.5. The van der Waals surface area contributed by atoms with Gasteiger partial charge in [0.1, 0.15) is 5.75 Å². The maximum absolute atomic E-state index is 14.5. The normalized spacial score (nSPS) is 11.2. The van der Waals surface area contributed by atoms with Gasteiger partial charge in [0.2, 0.25) is 5.91 Å². The van der Waals surface area contributed by atoms with Crippen LogP contribution in [-0.2, 0) is 22.6 Å². The van der Waals surface area contributed by atoms with Crippen LogP contribution in [0.5, 0.6) is 17.5 Å². The third-order valence-corrected chi connectivity index (χ3v) is 5.09. The fourth-order valence-electron chi connectivity index (χ4n) is 3.28. The highest BCUT2D eigenvalue weighted by molar-refractivity contribution is 5.85. The molecule has 3 rings (SSSR count). The summed E-state index contributed by atoms with van der Waals surface area (Å²) in [6.45, 7) is 1.87. The summed E-state index contributed by atoms with van der Waals surface area (Å²) in [4.78, 5) is 26.9. The van der Waals surface area contributed by atoms with Crippen LogP contribution >= 0.6 is 12.4 Å². The number of nitrogens with two attached hydrogens (primary N) is 1. The Bertz CT molecular complexity index is 1240. The van der Waals surface area contributed by atoms with Gasteiger partial charge in [-0.15, -0.1) is 12.4 Å². The van der Waals surface area contributed by atoms with E-state index in [2.05, 4.69) is 10.3 Å². The lowest BCUT2D eigenvalue weighted by molar-refractivity contribution is -0.145. The van der Waals surface area contributed by atoms with Crippen molar-refractivity contribution in [2.75, 3.05) is 7.05 Å². The van der Waals surface area contributed by atoms with E-state index in [-0.39, 0.29) is 36.9 Å². The van der Waals surface area contributed by atoms with Crippen molar-refractivity contribution in [3.63, 3.8) is 0 Å². The number of aromatic nitrogens is 1. The van der Waals surface area contributed by atoms with Gasteiger partial charge in [-0.2, -0.15) is 4.98 Å². The van der Waals surface area contributed by atoms with Crippen LogP contribution in [0, 0.1) is 11.6 Å². The van der Waals surface area contributed by atoms with Gasteiger partial charge >= 0.3 is 5.97 Å². The molecule has 36 heavy (non-hydrogen) atoms. The van der Waals surface area contributed by atoms with Gasteiger partial charge in [0, 0.05) is 19.7 Å². The molecule has 0 aliphatic carbocycles. The maximum Gasteiger partial charge on any atom is 0.344 e. The predicted molar refractivity (Wildman–Crippen MR) is 131 cm³/mol. The number of rotatable bonds is 10. The molecule has 0 saturated carbocycles. The summed E-state index contributed by atoms with van der Waals surface area (Å²) in [5.41, 5.74) is 8.67. The average Bonchev–Trinajstić information content (AvgIpc) is 2.84. The number of pyridine rings is 1. The highest BCUT2D eigenvalue weighted by Gasteiger charge is 2.22. The van der Waals surface area contributed by atoms with Gasteiger partial charge in [-0.05, 0) is 46.9 Å². The smallest absolute Gasteiger partial charge is 0.344 e. The Morgan fingerprint density at radius 3 is 2.39 bits per heavy atom. The fraction of sp³-hybridized carbons (Fsp3) is 0.240. The molecule has 1 amide bonds. The zero-order valence-electron chi connectivity index (χ0n) is 19.6. The standard InChI is InChI=1S/C25H25F2N3O5.ClH/c1-3-21(25(32)33)35-24-20(27)12-19(26)23(30-24)34-18-9-15(10-22(31)29-2)8-17(11-18)16-6-4-5-14(7-16)13-28;/h4-9,11-12,21H,3,10,13,28H2,1-2H3,(H,29,31)(H,32,33);1H/t21-;/m1./s1. The first-order valence-electron chi connectivity index (χ1n) is 10.8. The molecule has 11 heteroatoms. The number of carboxylic acids is 1. The second kappa shape index (κ2) is 12.8. The van der Waals surface area contributed by atoms with E-state index in [0.29, 0.717) is 23.7 Å². The van der Waals surface area contributed by atoms with E-state index < -0.39 is 35.5 Å². The van der Waals surface area contributed by atoms with Crippen molar-refractivity contribution in [1.82, 2.24) is 10.3 Å². The Morgan fingerprint density at radius 2 is 1.75 bits per heavy atom. The molecule has 8 nitrogen and oxygen atoms in total. The summed E-state index contributed by atoms with van der Waals surface area (Å²) in [6, 6.07) is 12.9. The number of likely N-dealkylation sites (N-methyl/N-ethyl adjacent to an activating group) is 1. The van der Waals surface area contributed by atoms with Crippen LogP contribution in [0.25, 0.3) is 11.1 Å². The largest absolute Gasteiger partial charge is 0.479 e. The summed E-state index contributed by atoms with van der Waals surface area (Å²) in [5.74, 6) is -5.01. The van der Waals surface area contributed by atoms with Crippen molar-refractivity contribution in [1.29, 1.82) is 0 Å². The number of carbonyl (C=O) groups is 2. The predicted octanol–water partition coefficient (Wildman–Crippen LogP) is 4.23. The number of hydrogen-bond donors (Lipinski definition) is 3. The quantitative estimate of drug-likeness (QED) is 0.365. The molecule has 0 fully saturated rings. The van der Waals surface area contributed by atoms with E-state index >= 15 is 0 Å². The van der Waals surface area contributed by atoms with Gasteiger partial charge in [0.15, 0.2) is 17.7 Å². The van der Waals surface area contributed by atoms with E-state index in [1.807, 2.05) is 24.3 Å². The van der Waals surface area contributed by atoms with Gasteiger partial charge in [0.05, 0.1) is 6.42 Å². The van der Waals surface area contributed by atoms with E-state index in [9.17, 15) is 18.4 Å². The highest BCUT2D eigenvalue weighted by Crippen LogP contribution is 2.32. The van der Waals surface area contributed by atoms with Gasteiger partial charge in [-0.25, -0.2) is 13.6 Å². The van der Waals surface area contributed by atoms with Crippen LogP contribution in [0.4, 0.5) is 8.78 Å². The Balaban J connectivity index is 0.00000456. The first-order valence-corrected chi connectivity index (χ1v) is 10.8. The lowest BCUT2D eigenvalue weighted by atomic mass is 9.99. The molecule has 2 aromatic carbocycles. The number of ether oxygens (including phenoxy) is 2. The molecular formula is C25H26ClF2N3O5. The number of nitrogens with zero attached hydrogens (tertiary/aromatic N) is 1. The minimum Gasteiger partial charge on any atom is -0.479 e. The van der Waals surface area contributed by atoms with E-state index in [4.69, 9.17) is 20.3 Å². The molecule has 1 heterocycles. The number of amides is 1. The molecule has 0 aliphatic heterocycles. The minimum absolute atomic E-state index is 0. The first-order chi connectivity index (χ1) is 16.7. The molecule has 0 bridgehead atoms. The number of aliphatic carboxylic acids is 1. The summed E-state index contributed by atoms with van der Waals surface area (Å²) >= 11 is 0. The SMILES string of the molecule is CC[C@@H](Oc1nc(Oc2cc(CC(=O)NC)cc(-c3cccc(CN)c3)c2)c(F)cc1F)C(=O)O.Cl. The van der Waals surface area contributed by atoms with Crippen LogP contribution in [0.2, 0.25) is 0 Å². The Hall–Kier alpha value is -3.76. The van der Waals surface area contributed by atoms with Crippen molar-refractivity contribution < 1.29 is 33.0 Å². The Labute approximate surface area is 212 Å². The minimum atomic E-state index is -1.37. The third kappa shape index (κ3) is 7.12. The number of halogens is 3. The van der Waals surface area contributed by atoms with Crippen molar-refractivity contribution >= 4 is 24.3 Å². The van der Waals surface area contributed by atoms with Crippen molar-refractivity contribution in [3.05, 3.63) is 71.3 Å². The van der Waals surface area contributed by atoms with Crippen molar-refractivity contribution in [2.45, 2.75) is 32.4 Å². The second-order valence-electron chi connectivity index (χ2n) is 7.64. The topological polar surface area (TPSA) is 124 Å². The molecule has 1 aromatic heterocycles. The lowest BCUT2D eigenvalue weighted by Crippen LogP contribution is -2.26. The van der Waals surface area contributed by atoms with Gasteiger partial charge < -0.3 is 25.6 Å². The van der Waals surface area contributed by atoms with Gasteiger partial charge in [-0.1, -0.05) is 31.2 Å². The third-order valence-electron chi connectivity index (χ3n) is 5.09. The highest BCUT2D eigenvalue weighted by atomic mass is 35.5. The van der Waals surface area contributed by atoms with Crippen LogP contribution < -0.4 is 20.5 Å². The molecule has 1 atom stereocenters. The van der Waals surface area contributed by atoms with Gasteiger partial charge in [-0.3, -0.25) is 4.79 Å². The van der Waals surface area contributed by atoms with E-state index in [1.165, 1.54) is 20.0 Å². The van der Waals surface area contributed by atoms with Crippen LogP contribution in [0.3, 0.4) is 0 Å². The summed E-state index contributed by atoms with van der Waals surface area (Å²) in [7, 11) is 1.51. The summed E-state index contributed by atoms with van der Waals surface area (Å²) < 4.78 is 39.4. The lowest BCUT2D eigenvalue weighted by Gasteiger charge is -2.15. The van der Waals surface area contributed by atoms with E-state index in [1.54, 1.807) is 12.1 Å². The average molecular weight is 522 g/mol. The Kier molecular flexibility index (Phi) is 10.1. The summed E-state index contributed by atoms with van der Waals surface area (Å²) in [6.07, 6.45) is -1.30. The first kappa shape index (κ1) is 28.5. The van der Waals surface area contributed by atoms with Crippen molar-refractivity contribution in [2.24, 2.45) is 5.73 Å². The second-order valence-corrected chi connectivity index (χ2v) is 7.64. The number of carbonyl (C=O) groups excluding carboxylic acids is 1. The number of nitrogens with one attached hydrogen (secondary N) is 1. The molecular weight excluding hydrogens is 496 g/mol. The number of benzene rings is 2. The zero-order valence-corrected chi connectivity index (χ0v) is 20.4. The molecule has 4 N–H and O–H groups in total.